The third kappa shape index (κ3) is 4.52. The van der Waals surface area contributed by atoms with Gasteiger partial charge in [-0.1, -0.05) is 84.8 Å². The lowest BCUT2D eigenvalue weighted by Crippen LogP contribution is -2.08. The van der Waals surface area contributed by atoms with Gasteiger partial charge in [-0.15, -0.1) is 0 Å². The maximum Gasteiger partial charge on any atom is 0.339 e. The second-order valence-corrected chi connectivity index (χ2v) is 8.29. The van der Waals surface area contributed by atoms with Crippen molar-refractivity contribution in [2.75, 3.05) is 0 Å². The summed E-state index contributed by atoms with van der Waals surface area (Å²) < 4.78 is 31.7. The zero-order valence-electron chi connectivity index (χ0n) is 16.3. The van der Waals surface area contributed by atoms with Crippen LogP contribution in [-0.4, -0.2) is 8.42 Å². The summed E-state index contributed by atoms with van der Waals surface area (Å²) in [4.78, 5) is 0.144. The van der Waals surface area contributed by atoms with Gasteiger partial charge in [0.25, 0.3) is 0 Å². The Morgan fingerprint density at radius 3 is 1.82 bits per heavy atom. The van der Waals surface area contributed by atoms with Crippen LogP contribution in [0.1, 0.15) is 35.6 Å². The lowest BCUT2D eigenvalue weighted by Gasteiger charge is -2.16. The molecule has 0 aliphatic heterocycles. The Labute approximate surface area is 167 Å². The largest absolute Gasteiger partial charge is 0.378 e. The molecule has 0 aromatic heterocycles. The Morgan fingerprint density at radius 2 is 1.29 bits per heavy atom. The van der Waals surface area contributed by atoms with Crippen LogP contribution in [0.3, 0.4) is 0 Å². The van der Waals surface area contributed by atoms with Gasteiger partial charge in [-0.2, -0.15) is 8.42 Å². The molecule has 0 unspecified atom stereocenters. The zero-order chi connectivity index (χ0) is 20.1. The van der Waals surface area contributed by atoms with Crippen LogP contribution in [0.25, 0.3) is 11.3 Å². The summed E-state index contributed by atoms with van der Waals surface area (Å²) in [5, 5.41) is 0. The highest BCUT2D eigenvalue weighted by Gasteiger charge is 2.22. The molecular formula is C24H24O3S. The van der Waals surface area contributed by atoms with Gasteiger partial charge >= 0.3 is 10.1 Å². The molecule has 0 amide bonds. The van der Waals surface area contributed by atoms with Gasteiger partial charge in [0.2, 0.25) is 0 Å². The van der Waals surface area contributed by atoms with E-state index < -0.39 is 10.1 Å². The maximum absolute atomic E-state index is 13.0. The second kappa shape index (κ2) is 8.44. The van der Waals surface area contributed by atoms with Crippen molar-refractivity contribution in [1.29, 1.82) is 0 Å². The third-order valence-electron chi connectivity index (χ3n) is 4.57. The number of benzene rings is 3. The van der Waals surface area contributed by atoms with Crippen LogP contribution in [-0.2, 0) is 14.3 Å². The number of hydrogen-bond acceptors (Lipinski definition) is 3. The fourth-order valence-corrected chi connectivity index (χ4v) is 3.96. The highest BCUT2D eigenvalue weighted by molar-refractivity contribution is 7.87. The smallest absolute Gasteiger partial charge is 0.339 e. The maximum atomic E-state index is 13.0. The molecule has 3 nitrogen and oxygen atoms in total. The minimum Gasteiger partial charge on any atom is -0.378 e. The summed E-state index contributed by atoms with van der Waals surface area (Å²) in [6, 6.07) is 24.1. The monoisotopic (exact) mass is 392 g/mol. The van der Waals surface area contributed by atoms with Crippen molar-refractivity contribution in [2.45, 2.75) is 32.1 Å². The number of allylic oxidation sites excluding steroid dienone is 1. The molecule has 0 heterocycles. The molecule has 3 rings (SSSR count). The molecule has 0 bridgehead atoms. The van der Waals surface area contributed by atoms with Crippen molar-refractivity contribution >= 4 is 21.5 Å². The zero-order valence-corrected chi connectivity index (χ0v) is 17.2. The first-order valence-corrected chi connectivity index (χ1v) is 10.7. The average Bonchev–Trinajstić information content (AvgIpc) is 2.70. The first-order valence-electron chi connectivity index (χ1n) is 9.27. The molecule has 0 saturated heterocycles. The van der Waals surface area contributed by atoms with Gasteiger partial charge in [-0.3, -0.25) is 0 Å². The molecule has 3 aromatic carbocycles. The molecule has 0 aliphatic carbocycles. The van der Waals surface area contributed by atoms with Crippen molar-refractivity contribution in [3.8, 4) is 0 Å². The number of aryl methyl sites for hydroxylation is 2. The third-order valence-corrected chi connectivity index (χ3v) is 5.80. The van der Waals surface area contributed by atoms with Gasteiger partial charge in [0.15, 0.2) is 5.76 Å². The molecule has 3 aromatic rings. The van der Waals surface area contributed by atoms with E-state index in [-0.39, 0.29) is 4.90 Å². The van der Waals surface area contributed by atoms with Crippen molar-refractivity contribution in [3.63, 3.8) is 0 Å². The number of hydrogen-bond donors (Lipinski definition) is 0. The summed E-state index contributed by atoms with van der Waals surface area (Å²) in [5.41, 5.74) is 4.67. The van der Waals surface area contributed by atoms with Gasteiger partial charge in [0, 0.05) is 11.1 Å². The Balaban J connectivity index is 2.14. The molecule has 4 heteroatoms. The van der Waals surface area contributed by atoms with E-state index >= 15 is 0 Å². The van der Waals surface area contributed by atoms with Crippen LogP contribution >= 0.6 is 0 Å². The Kier molecular flexibility index (Phi) is 6.00. The molecule has 0 saturated carbocycles. The van der Waals surface area contributed by atoms with Crippen LogP contribution in [0.5, 0.6) is 0 Å². The minimum absolute atomic E-state index is 0.144. The van der Waals surface area contributed by atoms with Gasteiger partial charge in [0.1, 0.15) is 4.90 Å². The summed E-state index contributed by atoms with van der Waals surface area (Å²) in [7, 11) is -3.95. The van der Waals surface area contributed by atoms with Crippen LogP contribution in [0.15, 0.2) is 83.8 Å². The van der Waals surface area contributed by atoms with E-state index in [0.29, 0.717) is 12.2 Å². The van der Waals surface area contributed by atoms with Crippen molar-refractivity contribution in [1.82, 2.24) is 0 Å². The molecule has 0 N–H and O–H groups in total. The van der Waals surface area contributed by atoms with Crippen LogP contribution in [0, 0.1) is 13.8 Å². The quantitative estimate of drug-likeness (QED) is 0.294. The minimum atomic E-state index is -3.95. The molecular weight excluding hydrogens is 368 g/mol. The molecule has 0 fully saturated rings. The van der Waals surface area contributed by atoms with Crippen molar-refractivity contribution in [3.05, 3.63) is 101 Å². The van der Waals surface area contributed by atoms with E-state index in [2.05, 4.69) is 0 Å². The van der Waals surface area contributed by atoms with Gasteiger partial charge in [0.05, 0.1) is 0 Å². The van der Waals surface area contributed by atoms with Crippen molar-refractivity contribution < 1.29 is 12.6 Å². The van der Waals surface area contributed by atoms with Gasteiger partial charge in [-0.25, -0.2) is 0 Å². The molecule has 144 valence electrons. The predicted molar refractivity (Wildman–Crippen MR) is 114 cm³/mol. The van der Waals surface area contributed by atoms with Gasteiger partial charge < -0.3 is 4.18 Å². The summed E-state index contributed by atoms with van der Waals surface area (Å²) >= 11 is 0. The Bertz CT molecular complexity index is 1060. The fraction of sp³-hybridized carbons (Fsp3) is 0.167. The highest BCUT2D eigenvalue weighted by Crippen LogP contribution is 2.33. The first kappa shape index (κ1) is 19.9. The SMILES string of the molecule is CC/C(=C(\OS(=O)(=O)c1ccc(C)cc1)c1ccccc1)c1ccc(C)cc1. The average molecular weight is 393 g/mol. The summed E-state index contributed by atoms with van der Waals surface area (Å²) in [6.45, 7) is 5.94. The molecule has 28 heavy (non-hydrogen) atoms. The van der Waals surface area contributed by atoms with E-state index in [1.54, 1.807) is 24.3 Å². The summed E-state index contributed by atoms with van der Waals surface area (Å²) in [6.07, 6.45) is 0.636. The van der Waals surface area contributed by atoms with E-state index in [4.69, 9.17) is 4.18 Å². The van der Waals surface area contributed by atoms with E-state index in [9.17, 15) is 8.42 Å². The van der Waals surface area contributed by atoms with E-state index in [0.717, 1.165) is 27.8 Å². The van der Waals surface area contributed by atoms with Crippen LogP contribution in [0.4, 0.5) is 0 Å². The molecule has 0 aliphatic rings. The normalized spacial score (nSPS) is 12.4. The van der Waals surface area contributed by atoms with E-state index in [1.807, 2.05) is 75.4 Å². The topological polar surface area (TPSA) is 43.4 Å². The van der Waals surface area contributed by atoms with Gasteiger partial charge in [-0.05, 0) is 38.0 Å². The van der Waals surface area contributed by atoms with Crippen LogP contribution < -0.4 is 0 Å². The first-order chi connectivity index (χ1) is 13.4. The van der Waals surface area contributed by atoms with Crippen molar-refractivity contribution in [2.24, 2.45) is 0 Å². The predicted octanol–water partition coefficient (Wildman–Crippen LogP) is 5.99. The Morgan fingerprint density at radius 1 is 0.750 bits per heavy atom. The Hall–Kier alpha value is -2.85. The highest BCUT2D eigenvalue weighted by atomic mass is 32.2. The summed E-state index contributed by atoms with van der Waals surface area (Å²) in [5.74, 6) is 0.368. The van der Waals surface area contributed by atoms with E-state index in [1.165, 1.54) is 0 Å². The lowest BCUT2D eigenvalue weighted by molar-refractivity contribution is 0.463. The molecule has 0 atom stereocenters. The lowest BCUT2D eigenvalue weighted by atomic mass is 9.98. The molecule has 0 radical (unpaired) electrons. The second-order valence-electron chi connectivity index (χ2n) is 6.74. The number of rotatable bonds is 6. The van der Waals surface area contributed by atoms with Crippen LogP contribution in [0.2, 0.25) is 0 Å². The standard InChI is InChI=1S/C24H24O3S/c1-4-23(20-14-10-18(2)11-15-20)24(21-8-6-5-7-9-21)27-28(25,26)22-16-12-19(3)13-17-22/h5-17H,4H2,1-3H3/b24-23+. The fourth-order valence-electron chi connectivity index (χ4n) is 2.98. The molecule has 0 spiro atoms.